The third-order valence-corrected chi connectivity index (χ3v) is 6.44. The first kappa shape index (κ1) is 19.0. The van der Waals surface area contributed by atoms with Crippen LogP contribution in [-0.2, 0) is 10.0 Å². The molecule has 31 heavy (non-hydrogen) atoms. The average Bonchev–Trinajstić information content (AvgIpc) is 3.12. The lowest BCUT2D eigenvalue weighted by atomic mass is 10.0. The Labute approximate surface area is 177 Å². The molecular formula is C22H17N5O3S. The van der Waals surface area contributed by atoms with Crippen molar-refractivity contribution < 1.29 is 8.42 Å². The largest absolute Gasteiger partial charge is 0.325 e. The van der Waals surface area contributed by atoms with Gasteiger partial charge in [0.15, 0.2) is 5.65 Å². The Balaban J connectivity index is 1.48. The number of fused-ring (bicyclic) bond motifs is 2. The van der Waals surface area contributed by atoms with Crippen LogP contribution in [0.3, 0.4) is 0 Å². The molecule has 2 aromatic carbocycles. The highest BCUT2D eigenvalue weighted by atomic mass is 32.2. The summed E-state index contributed by atoms with van der Waals surface area (Å²) < 4.78 is 28.6. The second-order valence-electron chi connectivity index (χ2n) is 7.11. The molecular weight excluding hydrogens is 414 g/mol. The van der Waals surface area contributed by atoms with E-state index in [9.17, 15) is 13.2 Å². The van der Waals surface area contributed by atoms with E-state index < -0.39 is 10.0 Å². The minimum Gasteiger partial charge on any atom is -0.304 e. The third kappa shape index (κ3) is 3.44. The number of benzene rings is 2. The maximum Gasteiger partial charge on any atom is 0.325 e. The second-order valence-corrected chi connectivity index (χ2v) is 8.76. The number of hydrogen-bond acceptors (Lipinski definition) is 5. The van der Waals surface area contributed by atoms with Crippen LogP contribution in [-0.4, -0.2) is 28.4 Å². The summed E-state index contributed by atoms with van der Waals surface area (Å²) in [6.07, 6.45) is 1.57. The Morgan fingerprint density at radius 1 is 0.968 bits per heavy atom. The monoisotopic (exact) mass is 431 g/mol. The first-order chi connectivity index (χ1) is 14.9. The van der Waals surface area contributed by atoms with Gasteiger partial charge in [0.25, 0.3) is 10.0 Å². The molecule has 9 heteroatoms. The van der Waals surface area contributed by atoms with Gasteiger partial charge in [0, 0.05) is 28.5 Å². The van der Waals surface area contributed by atoms with E-state index in [-0.39, 0.29) is 10.6 Å². The maximum atomic E-state index is 13.0. The van der Waals surface area contributed by atoms with E-state index in [2.05, 4.69) is 24.7 Å². The number of hydrogen-bond donors (Lipinski definition) is 3. The minimum absolute atomic E-state index is 0.122. The van der Waals surface area contributed by atoms with Gasteiger partial charge in [-0.05, 0) is 42.8 Å². The minimum atomic E-state index is -3.82. The van der Waals surface area contributed by atoms with Gasteiger partial charge in [0.05, 0.1) is 11.0 Å². The Kier molecular flexibility index (Phi) is 4.33. The standard InChI is InChI=1S/C22H17N5O3S/c1-13-17(12-18-21(24-13)26-22(28)25-18)14-7-9-16(10-8-14)27-31(29,30)19-6-2-4-15-5-3-11-23-20(15)19/h2-12,27H,1H3,(H2,24,25,26,28). The molecule has 0 aliphatic carbocycles. The van der Waals surface area contributed by atoms with Crippen molar-refractivity contribution in [1.82, 2.24) is 19.9 Å². The van der Waals surface area contributed by atoms with Gasteiger partial charge in [-0.2, -0.15) is 0 Å². The highest BCUT2D eigenvalue weighted by Gasteiger charge is 2.18. The molecule has 0 bridgehead atoms. The fourth-order valence-corrected chi connectivity index (χ4v) is 4.81. The number of pyridine rings is 2. The van der Waals surface area contributed by atoms with Gasteiger partial charge < -0.3 is 4.98 Å². The van der Waals surface area contributed by atoms with Crippen molar-refractivity contribution in [3.05, 3.63) is 83.0 Å². The van der Waals surface area contributed by atoms with Crippen molar-refractivity contribution in [2.45, 2.75) is 11.8 Å². The number of nitrogens with zero attached hydrogens (tertiary/aromatic N) is 2. The van der Waals surface area contributed by atoms with Crippen molar-refractivity contribution in [2.75, 3.05) is 4.72 Å². The highest BCUT2D eigenvalue weighted by Crippen LogP contribution is 2.28. The van der Waals surface area contributed by atoms with E-state index in [0.29, 0.717) is 22.4 Å². The molecule has 8 nitrogen and oxygen atoms in total. The van der Waals surface area contributed by atoms with Crippen molar-refractivity contribution >= 4 is 37.8 Å². The number of imidazole rings is 1. The van der Waals surface area contributed by atoms with Gasteiger partial charge in [-0.15, -0.1) is 0 Å². The molecule has 0 fully saturated rings. The number of aromatic amines is 2. The predicted octanol–water partition coefficient (Wildman–Crippen LogP) is 3.58. The van der Waals surface area contributed by atoms with Gasteiger partial charge >= 0.3 is 5.69 Å². The SMILES string of the molecule is Cc1nc2[nH]c(=O)[nH]c2cc1-c1ccc(NS(=O)(=O)c2cccc3cccnc23)cc1. The lowest BCUT2D eigenvalue weighted by molar-refractivity contribution is 0.602. The van der Waals surface area contributed by atoms with Gasteiger partial charge in [-0.1, -0.05) is 30.3 Å². The summed E-state index contributed by atoms with van der Waals surface area (Å²) >= 11 is 0. The van der Waals surface area contributed by atoms with Crippen LogP contribution in [0.2, 0.25) is 0 Å². The predicted molar refractivity (Wildman–Crippen MR) is 119 cm³/mol. The zero-order valence-electron chi connectivity index (χ0n) is 16.4. The highest BCUT2D eigenvalue weighted by molar-refractivity contribution is 7.93. The van der Waals surface area contributed by atoms with Gasteiger partial charge in [0.2, 0.25) is 0 Å². The smallest absolute Gasteiger partial charge is 0.304 e. The van der Waals surface area contributed by atoms with Gasteiger partial charge in [-0.3, -0.25) is 14.7 Å². The van der Waals surface area contributed by atoms with E-state index >= 15 is 0 Å². The molecule has 0 spiro atoms. The number of rotatable bonds is 4. The van der Waals surface area contributed by atoms with Crippen LogP contribution in [0, 0.1) is 6.92 Å². The molecule has 0 aliphatic heterocycles. The van der Waals surface area contributed by atoms with Gasteiger partial charge in [-0.25, -0.2) is 18.2 Å². The zero-order chi connectivity index (χ0) is 21.6. The molecule has 154 valence electrons. The Morgan fingerprint density at radius 3 is 2.55 bits per heavy atom. The fourth-order valence-electron chi connectivity index (χ4n) is 3.57. The number of aryl methyl sites for hydroxylation is 1. The topological polar surface area (TPSA) is 121 Å². The lowest BCUT2D eigenvalue weighted by Gasteiger charge is -2.11. The number of H-pyrrole nitrogens is 2. The number of para-hydroxylation sites is 1. The number of sulfonamides is 1. The van der Waals surface area contributed by atoms with Crippen LogP contribution in [0.1, 0.15) is 5.69 Å². The molecule has 0 amide bonds. The second kappa shape index (κ2) is 7.06. The van der Waals surface area contributed by atoms with E-state index in [1.54, 1.807) is 42.6 Å². The summed E-state index contributed by atoms with van der Waals surface area (Å²) in [6, 6.07) is 17.5. The Bertz CT molecular complexity index is 1600. The van der Waals surface area contributed by atoms with Crippen LogP contribution in [0.15, 0.2) is 76.6 Å². The number of aromatic nitrogens is 4. The number of nitrogens with one attached hydrogen (secondary N) is 3. The normalized spacial score (nSPS) is 11.8. The fraction of sp³-hybridized carbons (Fsp3) is 0.0455. The Hall–Kier alpha value is -3.98. The van der Waals surface area contributed by atoms with E-state index in [1.165, 1.54) is 6.07 Å². The third-order valence-electron chi connectivity index (χ3n) is 5.03. The van der Waals surface area contributed by atoms with Gasteiger partial charge in [0.1, 0.15) is 4.90 Å². The van der Waals surface area contributed by atoms with E-state index in [1.807, 2.05) is 25.1 Å². The van der Waals surface area contributed by atoms with Crippen LogP contribution >= 0.6 is 0 Å². The molecule has 0 unspecified atom stereocenters. The van der Waals surface area contributed by atoms with Crippen LogP contribution < -0.4 is 10.4 Å². The molecule has 0 aliphatic rings. The first-order valence-electron chi connectivity index (χ1n) is 9.47. The van der Waals surface area contributed by atoms with Crippen molar-refractivity contribution in [3.63, 3.8) is 0 Å². The van der Waals surface area contributed by atoms with E-state index in [4.69, 9.17) is 0 Å². The number of anilines is 1. The maximum absolute atomic E-state index is 13.0. The molecule has 0 saturated carbocycles. The molecule has 5 aromatic rings. The molecule has 0 saturated heterocycles. The van der Waals surface area contributed by atoms with Crippen LogP contribution in [0.25, 0.3) is 33.2 Å². The molecule has 0 radical (unpaired) electrons. The van der Waals surface area contributed by atoms with Crippen LogP contribution in [0.4, 0.5) is 5.69 Å². The Morgan fingerprint density at radius 2 is 1.74 bits per heavy atom. The first-order valence-corrected chi connectivity index (χ1v) is 11.0. The summed E-state index contributed by atoms with van der Waals surface area (Å²) in [4.78, 5) is 25.6. The van der Waals surface area contributed by atoms with Crippen LogP contribution in [0.5, 0.6) is 0 Å². The lowest BCUT2D eigenvalue weighted by Crippen LogP contribution is -2.13. The molecule has 3 aromatic heterocycles. The summed E-state index contributed by atoms with van der Waals surface area (Å²) in [5.74, 6) is 0. The quantitative estimate of drug-likeness (QED) is 0.402. The van der Waals surface area contributed by atoms with Crippen molar-refractivity contribution in [3.8, 4) is 11.1 Å². The average molecular weight is 431 g/mol. The van der Waals surface area contributed by atoms with Crippen molar-refractivity contribution in [1.29, 1.82) is 0 Å². The molecule has 0 atom stereocenters. The summed E-state index contributed by atoms with van der Waals surface area (Å²) in [7, 11) is -3.82. The molecule has 5 rings (SSSR count). The summed E-state index contributed by atoms with van der Waals surface area (Å²) in [5.41, 5.74) is 4.09. The zero-order valence-corrected chi connectivity index (χ0v) is 17.2. The summed E-state index contributed by atoms with van der Waals surface area (Å²) in [6.45, 7) is 1.85. The molecule has 3 heterocycles. The van der Waals surface area contributed by atoms with Crippen molar-refractivity contribution in [2.24, 2.45) is 0 Å². The van der Waals surface area contributed by atoms with E-state index in [0.717, 1.165) is 22.2 Å². The summed E-state index contributed by atoms with van der Waals surface area (Å²) in [5, 5.41) is 0.752. The molecule has 3 N–H and O–H groups in total.